The summed E-state index contributed by atoms with van der Waals surface area (Å²) in [7, 11) is 5.81. The quantitative estimate of drug-likeness (QED) is 0.141. The van der Waals surface area contributed by atoms with E-state index in [0.717, 1.165) is 19.3 Å². The lowest BCUT2D eigenvalue weighted by molar-refractivity contribution is -0.873. The van der Waals surface area contributed by atoms with Gasteiger partial charge in [-0.2, -0.15) is 0 Å². The SMILES string of the molecule is CCCCCCCCCCCCCCOP(O)(=S)OC(CC(=O)O)C[N+](C)(C)C.[OH-]. The average molecular weight is 472 g/mol. The van der Waals surface area contributed by atoms with Crippen LogP contribution >= 0.6 is 6.72 Å². The van der Waals surface area contributed by atoms with Gasteiger partial charge in [0, 0.05) is 0 Å². The molecule has 3 N–H and O–H groups in total. The van der Waals surface area contributed by atoms with Gasteiger partial charge in [-0.25, -0.2) is 0 Å². The number of unbranched alkanes of at least 4 members (excludes halogenated alkanes) is 11. The van der Waals surface area contributed by atoms with Crippen LogP contribution < -0.4 is 0 Å². The van der Waals surface area contributed by atoms with E-state index in [2.05, 4.69) is 6.92 Å². The molecule has 0 aliphatic rings. The van der Waals surface area contributed by atoms with E-state index in [4.69, 9.17) is 26.0 Å². The van der Waals surface area contributed by atoms with Crippen molar-refractivity contribution >= 4 is 24.5 Å². The maximum absolute atomic E-state index is 11.0. The molecule has 7 nitrogen and oxygen atoms in total. The van der Waals surface area contributed by atoms with Crippen LogP contribution in [-0.4, -0.2) is 66.3 Å². The predicted molar refractivity (Wildman–Crippen MR) is 125 cm³/mol. The van der Waals surface area contributed by atoms with Gasteiger partial charge in [0.05, 0.1) is 34.2 Å². The van der Waals surface area contributed by atoms with Crippen LogP contribution in [0.4, 0.5) is 0 Å². The molecule has 0 spiro atoms. The molecule has 2 unspecified atom stereocenters. The van der Waals surface area contributed by atoms with Gasteiger partial charge in [0.1, 0.15) is 12.6 Å². The molecule has 0 aromatic rings. The summed E-state index contributed by atoms with van der Waals surface area (Å²) < 4.78 is 11.4. The Morgan fingerprint density at radius 1 is 0.933 bits per heavy atom. The lowest BCUT2D eigenvalue weighted by Crippen LogP contribution is -2.42. The number of carbonyl (C=O) groups is 1. The first-order chi connectivity index (χ1) is 13.6. The number of hydrogen-bond acceptors (Lipinski definition) is 5. The molecule has 0 heterocycles. The van der Waals surface area contributed by atoms with Gasteiger partial charge < -0.3 is 24.5 Å². The van der Waals surface area contributed by atoms with E-state index in [9.17, 15) is 9.69 Å². The Bertz CT molecular complexity index is 473. The second-order valence-corrected chi connectivity index (χ2v) is 11.8. The fraction of sp³-hybridized carbons (Fsp3) is 0.952. The molecule has 0 aliphatic carbocycles. The smallest absolute Gasteiger partial charge is 0.325 e. The van der Waals surface area contributed by atoms with Crippen molar-refractivity contribution in [1.29, 1.82) is 0 Å². The second kappa shape index (κ2) is 18.5. The van der Waals surface area contributed by atoms with Gasteiger partial charge in [0.15, 0.2) is 0 Å². The second-order valence-electron chi connectivity index (χ2n) is 8.99. The Labute approximate surface area is 189 Å². The maximum atomic E-state index is 11.0. The van der Waals surface area contributed by atoms with Crippen LogP contribution in [0.3, 0.4) is 0 Å². The van der Waals surface area contributed by atoms with Gasteiger partial charge in [-0.15, -0.1) is 0 Å². The Morgan fingerprint density at radius 3 is 1.77 bits per heavy atom. The van der Waals surface area contributed by atoms with E-state index >= 15 is 0 Å². The molecule has 0 aromatic carbocycles. The number of quaternary nitrogens is 1. The molecule has 30 heavy (non-hydrogen) atoms. The summed E-state index contributed by atoms with van der Waals surface area (Å²) in [6.07, 6.45) is 14.2. The number of rotatable bonds is 20. The average Bonchev–Trinajstić information content (AvgIpc) is 2.56. The first-order valence-electron chi connectivity index (χ1n) is 11.2. The Morgan fingerprint density at radius 2 is 1.37 bits per heavy atom. The van der Waals surface area contributed by atoms with Crippen molar-refractivity contribution in [3.8, 4) is 0 Å². The fourth-order valence-electron chi connectivity index (χ4n) is 3.28. The molecule has 0 radical (unpaired) electrons. The molecule has 0 amide bonds. The van der Waals surface area contributed by atoms with Crippen molar-refractivity contribution in [2.45, 2.75) is 96.5 Å². The lowest BCUT2D eigenvalue weighted by Gasteiger charge is -2.30. The number of likely N-dealkylation sites (N-methyl/N-ethyl adjacent to an activating group) is 1. The third-order valence-corrected chi connectivity index (χ3v) is 6.34. The van der Waals surface area contributed by atoms with Gasteiger partial charge in [0.25, 0.3) is 0 Å². The fourth-order valence-corrected chi connectivity index (χ4v) is 4.81. The molecule has 0 aliphatic heterocycles. The van der Waals surface area contributed by atoms with Crippen molar-refractivity contribution in [3.63, 3.8) is 0 Å². The third kappa shape index (κ3) is 22.6. The molecule has 182 valence electrons. The molecule has 0 aromatic heterocycles. The summed E-state index contributed by atoms with van der Waals surface area (Å²) in [5.74, 6) is -0.973. The molecule has 0 rings (SSSR count). The van der Waals surface area contributed by atoms with Crippen molar-refractivity contribution in [1.82, 2.24) is 0 Å². The maximum Gasteiger partial charge on any atom is 0.325 e. The van der Waals surface area contributed by atoms with Crippen molar-refractivity contribution < 1.29 is 33.8 Å². The van der Waals surface area contributed by atoms with Crippen LogP contribution in [0.2, 0.25) is 0 Å². The topological polar surface area (TPSA) is 106 Å². The molecule has 0 saturated carbocycles. The Kier molecular flexibility index (Phi) is 19.8. The van der Waals surface area contributed by atoms with Gasteiger partial charge in [-0.1, -0.05) is 77.6 Å². The summed E-state index contributed by atoms with van der Waals surface area (Å²) in [6.45, 7) is -0.371. The monoisotopic (exact) mass is 471 g/mol. The molecule has 2 atom stereocenters. The van der Waals surface area contributed by atoms with E-state index in [-0.39, 0.29) is 11.9 Å². The van der Waals surface area contributed by atoms with Gasteiger partial charge in [0.2, 0.25) is 0 Å². The van der Waals surface area contributed by atoms with Gasteiger partial charge in [-0.05, 0) is 18.2 Å². The normalized spacial score (nSPS) is 14.7. The minimum Gasteiger partial charge on any atom is -0.870 e. The highest BCUT2D eigenvalue weighted by Crippen LogP contribution is 2.45. The van der Waals surface area contributed by atoms with E-state index in [1.165, 1.54) is 57.8 Å². The Hall–Kier alpha value is -0.0800. The highest BCUT2D eigenvalue weighted by molar-refractivity contribution is 8.07. The van der Waals surface area contributed by atoms with E-state index in [1.54, 1.807) is 0 Å². The number of hydrogen-bond donors (Lipinski definition) is 2. The standard InChI is InChI=1S/C21H44NO5PS.H2O/c1-5-6-7-8-9-10-11-12-13-14-15-16-17-26-28(25,29)27-20(18-21(23)24)19-22(2,3)4;/h20H,5-19H2,1-4H3,(H-,23,24,25,29);1H2. The number of carboxylic acids is 1. The van der Waals surface area contributed by atoms with Crippen LogP contribution in [0.15, 0.2) is 0 Å². The number of nitrogens with zero attached hydrogens (tertiary/aromatic N) is 1. The number of aliphatic carboxylic acids is 1. The van der Waals surface area contributed by atoms with Gasteiger partial charge in [-0.3, -0.25) is 9.32 Å². The van der Waals surface area contributed by atoms with Crippen molar-refractivity contribution in [3.05, 3.63) is 0 Å². The van der Waals surface area contributed by atoms with Crippen LogP contribution in [-0.2, 0) is 25.6 Å². The summed E-state index contributed by atoms with van der Waals surface area (Å²) in [6, 6.07) is 0. The molecule has 0 bridgehead atoms. The largest absolute Gasteiger partial charge is 0.870 e. The summed E-state index contributed by atoms with van der Waals surface area (Å²) in [5.41, 5.74) is 0. The molecule has 9 heteroatoms. The van der Waals surface area contributed by atoms with Crippen LogP contribution in [0.1, 0.15) is 90.4 Å². The van der Waals surface area contributed by atoms with Gasteiger partial charge >= 0.3 is 12.7 Å². The zero-order valence-corrected chi connectivity index (χ0v) is 21.3. The minimum atomic E-state index is -3.41. The first kappa shape index (κ1) is 32.1. The summed E-state index contributed by atoms with van der Waals surface area (Å²) >= 11 is 5.07. The van der Waals surface area contributed by atoms with E-state index in [0.29, 0.717) is 17.6 Å². The highest BCUT2D eigenvalue weighted by Gasteiger charge is 2.28. The molecule has 0 fully saturated rings. The molecular formula is C21H46NO6PS. The zero-order valence-electron chi connectivity index (χ0n) is 19.6. The minimum absolute atomic E-state index is 0. The van der Waals surface area contributed by atoms with Crippen LogP contribution in [0.5, 0.6) is 0 Å². The highest BCUT2D eigenvalue weighted by atomic mass is 32.5. The number of carboxylic acid groups (broad SMARTS) is 1. The first-order valence-corrected chi connectivity index (χ1v) is 13.8. The van der Waals surface area contributed by atoms with E-state index in [1.807, 2.05) is 21.1 Å². The van der Waals surface area contributed by atoms with Crippen LogP contribution in [0.25, 0.3) is 0 Å². The van der Waals surface area contributed by atoms with E-state index < -0.39 is 18.8 Å². The van der Waals surface area contributed by atoms with Crippen LogP contribution in [0, 0.1) is 0 Å². The lowest BCUT2D eigenvalue weighted by atomic mass is 10.1. The third-order valence-electron chi connectivity index (χ3n) is 4.69. The Balaban J connectivity index is 0. The molecule has 0 saturated heterocycles. The zero-order chi connectivity index (χ0) is 22.2. The van der Waals surface area contributed by atoms with Crippen molar-refractivity contribution in [2.75, 3.05) is 34.3 Å². The predicted octanol–water partition coefficient (Wildman–Crippen LogP) is 5.31. The summed E-state index contributed by atoms with van der Waals surface area (Å²) in [4.78, 5) is 21.3. The molecular weight excluding hydrogens is 425 g/mol. The summed E-state index contributed by atoms with van der Waals surface area (Å²) in [5, 5.41) is 9.05. The van der Waals surface area contributed by atoms with Crippen molar-refractivity contribution in [2.24, 2.45) is 0 Å².